The van der Waals surface area contributed by atoms with Crippen LogP contribution in [0.1, 0.15) is 6.92 Å². The molecule has 0 fully saturated rings. The van der Waals surface area contributed by atoms with Crippen LogP contribution in [-0.2, 0) is 0 Å². The van der Waals surface area contributed by atoms with Crippen LogP contribution in [0, 0.1) is 10.1 Å². The van der Waals surface area contributed by atoms with Crippen molar-refractivity contribution in [2.45, 2.75) is 6.92 Å². The van der Waals surface area contributed by atoms with E-state index in [1.165, 1.54) is 12.1 Å². The van der Waals surface area contributed by atoms with Crippen LogP contribution in [0.25, 0.3) is 0 Å². The Labute approximate surface area is 110 Å². The molecule has 5 nitrogen and oxygen atoms in total. The lowest BCUT2D eigenvalue weighted by atomic mass is 10.2. The van der Waals surface area contributed by atoms with Gasteiger partial charge in [-0.3, -0.25) is 10.1 Å². The summed E-state index contributed by atoms with van der Waals surface area (Å²) < 4.78 is 10.9. The van der Waals surface area contributed by atoms with E-state index in [0.717, 1.165) is 0 Å². The van der Waals surface area contributed by atoms with Gasteiger partial charge in [-0.25, -0.2) is 0 Å². The van der Waals surface area contributed by atoms with Gasteiger partial charge in [-0.05, 0) is 25.1 Å². The molecule has 0 heterocycles. The maximum atomic E-state index is 10.9. The lowest BCUT2D eigenvalue weighted by molar-refractivity contribution is -0.385. The summed E-state index contributed by atoms with van der Waals surface area (Å²) >= 11 is 0. The summed E-state index contributed by atoms with van der Waals surface area (Å²) in [5.41, 5.74) is -0.0674. The number of nitro benzene ring substituents is 1. The third kappa shape index (κ3) is 3.22. The highest BCUT2D eigenvalue weighted by Gasteiger charge is 2.15. The minimum Gasteiger partial charge on any atom is -0.487 e. The van der Waals surface area contributed by atoms with E-state index in [9.17, 15) is 10.1 Å². The third-order valence-electron chi connectivity index (χ3n) is 2.41. The second kappa shape index (κ2) is 5.86. The van der Waals surface area contributed by atoms with Crippen LogP contribution in [0.5, 0.6) is 17.2 Å². The van der Waals surface area contributed by atoms with Crippen LogP contribution in [0.3, 0.4) is 0 Å². The predicted octanol–water partition coefficient (Wildman–Crippen LogP) is 3.79. The van der Waals surface area contributed by atoms with E-state index in [2.05, 4.69) is 0 Å². The lowest BCUT2D eigenvalue weighted by Gasteiger charge is -2.08. The summed E-state index contributed by atoms with van der Waals surface area (Å²) in [7, 11) is 0. The molecule has 2 aromatic carbocycles. The topological polar surface area (TPSA) is 61.6 Å². The molecule has 0 atom stereocenters. The molecule has 0 saturated heterocycles. The summed E-state index contributed by atoms with van der Waals surface area (Å²) in [5, 5.41) is 10.9. The molecule has 0 radical (unpaired) electrons. The molecule has 98 valence electrons. The van der Waals surface area contributed by atoms with Crippen molar-refractivity contribution < 1.29 is 14.4 Å². The Hall–Kier alpha value is -2.56. The standard InChI is InChI=1S/C14H13NO4/c1-2-18-14-10-12(8-9-13(14)15(16)17)19-11-6-4-3-5-7-11/h3-10H,2H2,1H3. The first-order valence-corrected chi connectivity index (χ1v) is 5.85. The van der Waals surface area contributed by atoms with Crippen LogP contribution < -0.4 is 9.47 Å². The summed E-state index contributed by atoms with van der Waals surface area (Å²) in [6, 6.07) is 13.7. The Bertz CT molecular complexity index is 569. The monoisotopic (exact) mass is 259 g/mol. The number of nitro groups is 1. The quantitative estimate of drug-likeness (QED) is 0.605. The Morgan fingerprint density at radius 2 is 1.84 bits per heavy atom. The fourth-order valence-electron chi connectivity index (χ4n) is 1.60. The molecule has 0 N–H and O–H groups in total. The van der Waals surface area contributed by atoms with Gasteiger partial charge in [0.05, 0.1) is 11.5 Å². The zero-order valence-corrected chi connectivity index (χ0v) is 10.4. The molecule has 0 saturated carbocycles. The fourth-order valence-corrected chi connectivity index (χ4v) is 1.60. The maximum absolute atomic E-state index is 10.9. The molecule has 19 heavy (non-hydrogen) atoms. The van der Waals surface area contributed by atoms with Gasteiger partial charge in [0.2, 0.25) is 5.75 Å². The van der Waals surface area contributed by atoms with Crippen molar-refractivity contribution in [3.8, 4) is 17.2 Å². The number of nitrogens with zero attached hydrogens (tertiary/aromatic N) is 1. The van der Waals surface area contributed by atoms with E-state index >= 15 is 0 Å². The number of rotatable bonds is 5. The van der Waals surface area contributed by atoms with E-state index in [0.29, 0.717) is 18.1 Å². The largest absolute Gasteiger partial charge is 0.487 e. The second-order valence-corrected chi connectivity index (χ2v) is 3.73. The van der Waals surface area contributed by atoms with Crippen molar-refractivity contribution in [1.29, 1.82) is 0 Å². The van der Waals surface area contributed by atoms with Gasteiger partial charge in [0.25, 0.3) is 0 Å². The summed E-state index contributed by atoms with van der Waals surface area (Å²) in [6.45, 7) is 2.13. The van der Waals surface area contributed by atoms with Crippen molar-refractivity contribution in [2.24, 2.45) is 0 Å². The summed E-state index contributed by atoms with van der Waals surface area (Å²) in [4.78, 5) is 10.4. The Balaban J connectivity index is 2.27. The zero-order chi connectivity index (χ0) is 13.7. The van der Waals surface area contributed by atoms with Crippen molar-refractivity contribution in [2.75, 3.05) is 6.61 Å². The first kappa shape index (κ1) is 12.9. The van der Waals surface area contributed by atoms with Crippen molar-refractivity contribution in [3.05, 3.63) is 58.6 Å². The molecule has 0 aromatic heterocycles. The van der Waals surface area contributed by atoms with Crippen molar-refractivity contribution in [3.63, 3.8) is 0 Å². The minimum atomic E-state index is -0.475. The molecule has 0 aliphatic carbocycles. The predicted molar refractivity (Wildman–Crippen MR) is 70.8 cm³/mol. The van der Waals surface area contributed by atoms with Gasteiger partial charge in [-0.1, -0.05) is 18.2 Å². The van der Waals surface area contributed by atoms with Crippen LogP contribution in [0.4, 0.5) is 5.69 Å². The first-order chi connectivity index (χ1) is 9.20. The second-order valence-electron chi connectivity index (χ2n) is 3.73. The van der Waals surface area contributed by atoms with Gasteiger partial charge in [0.15, 0.2) is 0 Å². The van der Waals surface area contributed by atoms with Gasteiger partial charge >= 0.3 is 5.69 Å². The molecule has 2 rings (SSSR count). The number of para-hydroxylation sites is 1. The molecule has 0 amide bonds. The number of hydrogen-bond donors (Lipinski definition) is 0. The van der Waals surface area contributed by atoms with E-state index in [4.69, 9.17) is 9.47 Å². The van der Waals surface area contributed by atoms with Gasteiger partial charge < -0.3 is 9.47 Å². The van der Waals surface area contributed by atoms with E-state index in [1.807, 2.05) is 30.3 Å². The molecular formula is C14H13NO4. The van der Waals surface area contributed by atoms with Gasteiger partial charge in [0.1, 0.15) is 11.5 Å². The minimum absolute atomic E-state index is 0.0674. The molecular weight excluding hydrogens is 246 g/mol. The van der Waals surface area contributed by atoms with Crippen LogP contribution in [0.15, 0.2) is 48.5 Å². The molecule has 0 spiro atoms. The highest BCUT2D eigenvalue weighted by atomic mass is 16.6. The number of ether oxygens (including phenoxy) is 2. The maximum Gasteiger partial charge on any atom is 0.311 e. The summed E-state index contributed by atoms with van der Waals surface area (Å²) in [5.74, 6) is 1.37. The molecule has 0 aliphatic heterocycles. The first-order valence-electron chi connectivity index (χ1n) is 5.85. The molecule has 0 unspecified atom stereocenters. The van der Waals surface area contributed by atoms with Crippen LogP contribution in [0.2, 0.25) is 0 Å². The third-order valence-corrected chi connectivity index (χ3v) is 2.41. The van der Waals surface area contributed by atoms with E-state index in [1.54, 1.807) is 13.0 Å². The summed E-state index contributed by atoms with van der Waals surface area (Å²) in [6.07, 6.45) is 0. The number of hydrogen-bond acceptors (Lipinski definition) is 4. The Morgan fingerprint density at radius 1 is 1.11 bits per heavy atom. The van der Waals surface area contributed by atoms with Crippen molar-refractivity contribution >= 4 is 5.69 Å². The smallest absolute Gasteiger partial charge is 0.311 e. The molecule has 0 aliphatic rings. The van der Waals surface area contributed by atoms with E-state index < -0.39 is 4.92 Å². The Morgan fingerprint density at radius 3 is 2.47 bits per heavy atom. The molecule has 2 aromatic rings. The van der Waals surface area contributed by atoms with Crippen LogP contribution in [-0.4, -0.2) is 11.5 Å². The molecule has 0 bridgehead atoms. The van der Waals surface area contributed by atoms with Crippen molar-refractivity contribution in [1.82, 2.24) is 0 Å². The van der Waals surface area contributed by atoms with Gasteiger partial charge in [0, 0.05) is 12.1 Å². The average molecular weight is 259 g/mol. The lowest BCUT2D eigenvalue weighted by Crippen LogP contribution is -1.97. The highest BCUT2D eigenvalue weighted by molar-refractivity contribution is 5.51. The van der Waals surface area contributed by atoms with Gasteiger partial charge in [-0.2, -0.15) is 0 Å². The normalized spacial score (nSPS) is 9.95. The number of benzene rings is 2. The van der Waals surface area contributed by atoms with Gasteiger partial charge in [-0.15, -0.1) is 0 Å². The Kier molecular flexibility index (Phi) is 3.97. The highest BCUT2D eigenvalue weighted by Crippen LogP contribution is 2.33. The SMILES string of the molecule is CCOc1cc(Oc2ccccc2)ccc1[N+](=O)[O-]. The van der Waals surface area contributed by atoms with Crippen LogP contribution >= 0.6 is 0 Å². The molecule has 5 heteroatoms. The fraction of sp³-hybridized carbons (Fsp3) is 0.143. The average Bonchev–Trinajstić information content (AvgIpc) is 2.40. The zero-order valence-electron chi connectivity index (χ0n) is 10.4. The van der Waals surface area contributed by atoms with E-state index in [-0.39, 0.29) is 11.4 Å².